The second-order valence-corrected chi connectivity index (χ2v) is 18.7. The van der Waals surface area contributed by atoms with Gasteiger partial charge in [-0.2, -0.15) is 0 Å². The molecule has 67 heavy (non-hydrogen) atoms. The highest BCUT2D eigenvalue weighted by atomic mass is 19.1. The number of amides is 1. The van der Waals surface area contributed by atoms with Gasteiger partial charge in [-0.1, -0.05) is 52.8 Å². The summed E-state index contributed by atoms with van der Waals surface area (Å²) in [5, 5.41) is 29.4. The summed E-state index contributed by atoms with van der Waals surface area (Å²) in [6, 6.07) is 6.63. The maximum atomic E-state index is 17.0. The summed E-state index contributed by atoms with van der Waals surface area (Å²) in [5.74, 6) is -6.98. The number of esters is 2. The number of nitrogens with two attached hydrogens (primary N) is 1. The molecule has 2 aliphatic heterocycles. The van der Waals surface area contributed by atoms with Crippen molar-refractivity contribution in [1.82, 2.24) is 9.88 Å². The van der Waals surface area contributed by atoms with E-state index in [1.165, 1.54) is 34.0 Å². The zero-order valence-corrected chi connectivity index (χ0v) is 41.2. The lowest BCUT2D eigenvalue weighted by Gasteiger charge is -2.47. The number of ketones is 1. The minimum Gasteiger partial charge on any atom is -0.457 e. The lowest BCUT2D eigenvalue weighted by atomic mass is 9.73. The number of oxime groups is 1. The zero-order chi connectivity index (χ0) is 50.2. The number of benzene rings is 1. The highest BCUT2D eigenvalue weighted by Crippen LogP contribution is 2.39. The van der Waals surface area contributed by atoms with E-state index in [4.69, 9.17) is 38.7 Å². The molecular formula is C48H72FN5O13. The first-order valence-corrected chi connectivity index (χ1v) is 23.0. The van der Waals surface area contributed by atoms with E-state index in [9.17, 15) is 29.4 Å². The third-order valence-corrected chi connectivity index (χ3v) is 12.6. The molecule has 1 amide bonds. The van der Waals surface area contributed by atoms with Gasteiger partial charge in [0.05, 0.1) is 42.3 Å². The van der Waals surface area contributed by atoms with Gasteiger partial charge in [-0.3, -0.25) is 14.4 Å². The number of hydrogen-bond acceptors (Lipinski definition) is 17. The summed E-state index contributed by atoms with van der Waals surface area (Å²) in [6.07, 6.45) is -5.35. The lowest BCUT2D eigenvalue weighted by Crippen LogP contribution is -2.61. The van der Waals surface area contributed by atoms with Gasteiger partial charge >= 0.3 is 11.9 Å². The highest BCUT2D eigenvalue weighted by molar-refractivity contribution is 6.08. The van der Waals surface area contributed by atoms with Crippen LogP contribution in [0, 0.1) is 17.8 Å². The van der Waals surface area contributed by atoms with Gasteiger partial charge in [0, 0.05) is 42.1 Å². The molecule has 13 atom stereocenters. The van der Waals surface area contributed by atoms with E-state index in [-0.39, 0.29) is 38.2 Å². The summed E-state index contributed by atoms with van der Waals surface area (Å²) in [4.78, 5) is 70.5. The molecule has 0 radical (unpaired) electrons. The molecule has 0 spiro atoms. The average Bonchev–Trinajstić information content (AvgIpc) is 3.73. The van der Waals surface area contributed by atoms with Crippen LogP contribution in [0.5, 0.6) is 0 Å². The number of ether oxygens (including phenoxy) is 5. The van der Waals surface area contributed by atoms with Gasteiger partial charge in [0.2, 0.25) is 11.8 Å². The third-order valence-electron chi connectivity index (χ3n) is 12.6. The lowest BCUT2D eigenvalue weighted by molar-refractivity contribution is -0.295. The molecule has 0 unspecified atom stereocenters. The van der Waals surface area contributed by atoms with Gasteiger partial charge in [-0.15, -0.1) is 0 Å². The fourth-order valence-corrected chi connectivity index (χ4v) is 9.05. The molecule has 374 valence electrons. The number of nitrogen functional groups attached to an aromatic ring is 1. The van der Waals surface area contributed by atoms with E-state index in [2.05, 4.69) is 15.1 Å². The molecule has 0 aliphatic carbocycles. The Kier molecular flexibility index (Phi) is 18.9. The van der Waals surface area contributed by atoms with Crippen molar-refractivity contribution in [2.45, 2.75) is 175 Å². The number of aliphatic imine (C=N–C) groups is 1. The minimum absolute atomic E-state index is 0.0149. The monoisotopic (exact) mass is 946 g/mol. The normalized spacial score (nSPS) is 34.4. The number of alkyl halides is 1. The average molecular weight is 946 g/mol. The molecule has 4 rings (SSSR count). The van der Waals surface area contributed by atoms with Crippen molar-refractivity contribution in [2.24, 2.45) is 27.9 Å². The molecule has 0 saturated carbocycles. The van der Waals surface area contributed by atoms with Crippen molar-refractivity contribution in [2.75, 3.05) is 26.4 Å². The summed E-state index contributed by atoms with van der Waals surface area (Å²) in [5.41, 5.74) is 0.692. The number of oxazole rings is 1. The molecule has 1 aromatic carbocycles. The number of Topliss-reactive ketones (excluding diaryl/α,β-unsaturated/α-hetero) is 1. The van der Waals surface area contributed by atoms with Crippen molar-refractivity contribution in [1.29, 1.82) is 0 Å². The number of anilines is 1. The minimum atomic E-state index is -3.32. The molecular weight excluding hydrogens is 874 g/mol. The summed E-state index contributed by atoms with van der Waals surface area (Å²) >= 11 is 0. The number of rotatable bonds is 14. The number of aromatic nitrogens is 1. The number of halogens is 1. The van der Waals surface area contributed by atoms with Crippen LogP contribution in [-0.4, -0.2) is 136 Å². The van der Waals surface area contributed by atoms with Crippen molar-refractivity contribution in [3.8, 4) is 11.5 Å². The van der Waals surface area contributed by atoms with E-state index >= 15 is 4.39 Å². The van der Waals surface area contributed by atoms with Crippen molar-refractivity contribution < 1.29 is 66.7 Å². The summed E-state index contributed by atoms with van der Waals surface area (Å²) in [6.45, 7) is 16.0. The van der Waals surface area contributed by atoms with Crippen LogP contribution in [0.25, 0.3) is 11.5 Å². The van der Waals surface area contributed by atoms with Crippen LogP contribution in [0.2, 0.25) is 0 Å². The van der Waals surface area contributed by atoms with E-state index in [1.807, 2.05) is 11.8 Å². The summed E-state index contributed by atoms with van der Waals surface area (Å²) < 4.78 is 53.3. The van der Waals surface area contributed by atoms with Crippen LogP contribution in [0.4, 0.5) is 10.1 Å². The summed E-state index contributed by atoms with van der Waals surface area (Å²) in [7, 11) is 3.59. The number of aliphatic hydroxyl groups is 2. The predicted octanol–water partition coefficient (Wildman–Crippen LogP) is 5.78. The predicted molar refractivity (Wildman–Crippen MR) is 246 cm³/mol. The maximum absolute atomic E-state index is 17.0. The highest BCUT2D eigenvalue weighted by Gasteiger charge is 2.56. The van der Waals surface area contributed by atoms with Crippen LogP contribution in [0.3, 0.4) is 0 Å². The van der Waals surface area contributed by atoms with E-state index in [1.54, 1.807) is 73.0 Å². The number of carbonyl (C=O) groups excluding carboxylic acids is 4. The maximum Gasteiger partial charge on any atom is 0.351 e. The van der Waals surface area contributed by atoms with Crippen LogP contribution < -0.4 is 5.73 Å². The van der Waals surface area contributed by atoms with Gasteiger partial charge in [-0.05, 0) is 91.6 Å². The smallest absolute Gasteiger partial charge is 0.351 e. The number of nitrogens with zero attached hydrogens (tertiary/aromatic N) is 4. The van der Waals surface area contributed by atoms with E-state index in [0.29, 0.717) is 41.4 Å². The van der Waals surface area contributed by atoms with Crippen LogP contribution >= 0.6 is 0 Å². The molecule has 1 aromatic heterocycles. The van der Waals surface area contributed by atoms with Gasteiger partial charge in [-0.25, -0.2) is 19.2 Å². The molecule has 4 N–H and O–H groups in total. The van der Waals surface area contributed by atoms with Crippen molar-refractivity contribution in [3.05, 3.63) is 36.2 Å². The van der Waals surface area contributed by atoms with E-state index in [0.717, 1.165) is 6.92 Å². The Morgan fingerprint density at radius 1 is 1.03 bits per heavy atom. The molecule has 2 aromatic rings. The molecule has 2 saturated heterocycles. The zero-order valence-electron chi connectivity index (χ0n) is 41.2. The first-order chi connectivity index (χ1) is 31.3. The fourth-order valence-electron chi connectivity index (χ4n) is 9.05. The molecule has 3 heterocycles. The van der Waals surface area contributed by atoms with Crippen molar-refractivity contribution in [3.63, 3.8) is 0 Å². The Hall–Kier alpha value is -4.66. The van der Waals surface area contributed by atoms with Crippen LogP contribution in [0.1, 0.15) is 114 Å². The standard InChI is InChI=1S/C48H72FN5O13/c1-14-33(53-63-25-34-24-62-43(51-34)31-18-17-19-32(50)21-31)23-61-42-28(6)38(52-37(56)16-3)26(4)22-46(9,59)41(67-44-39(65-30(8)55)35(54(12)13)20-27(5)64-44)29(7)40(57)47(10,49)45(58)66-36(15-2)48(42,11)60/h17-19,21,24,26-29,35-36,39,41-42,44,59-60H,14-16,20,22-23,25,50H2,1-13H3/b52-38+,53-33?/t26-,27-,28+,29+,35+,36-,39-,41-,42-,44+,46-,47+,48-/m1/s1. The van der Waals surface area contributed by atoms with Gasteiger partial charge < -0.3 is 53.8 Å². The largest absolute Gasteiger partial charge is 0.457 e. The topological polar surface area (TPSA) is 244 Å². The Labute approximate surface area is 393 Å². The molecule has 19 heteroatoms. The van der Waals surface area contributed by atoms with Gasteiger partial charge in [0.25, 0.3) is 5.67 Å². The number of likely N-dealkylation sites (N-methyl/N-ethyl adjacent to an activating group) is 1. The van der Waals surface area contributed by atoms with Gasteiger partial charge in [0.15, 0.2) is 24.8 Å². The Bertz CT molecular complexity index is 2090. The Balaban J connectivity index is 1.77. The quantitative estimate of drug-likeness (QED) is 0.0668. The number of carbonyl (C=O) groups is 4. The Morgan fingerprint density at radius 2 is 1.72 bits per heavy atom. The number of hydrogen-bond donors (Lipinski definition) is 3. The first kappa shape index (κ1) is 54.9. The molecule has 2 fully saturated rings. The van der Waals surface area contributed by atoms with Gasteiger partial charge in [0.1, 0.15) is 23.7 Å². The molecule has 18 nitrogen and oxygen atoms in total. The first-order valence-electron chi connectivity index (χ1n) is 23.0. The second kappa shape index (κ2) is 23.1. The van der Waals surface area contributed by atoms with E-state index < -0.39 is 101 Å². The Morgan fingerprint density at radius 3 is 2.31 bits per heavy atom. The molecule has 0 bridgehead atoms. The SMILES string of the molecule is CCC(=O)/N=C1\[C@H](C)C[C@@](C)(O)[C@H](O[C@@H]2O[C@H](C)C[C@H](N(C)C)[C@H]2OC(C)=O)[C@@H](C)C(=O)[C@](C)(F)C(=O)O[C@H](CC)[C@@](C)(O)[C@H](OCC(CC)=NOCc2coc(-c3cccc(N)c3)n2)[C@H]1C. The van der Waals surface area contributed by atoms with Crippen LogP contribution in [-0.2, 0) is 54.3 Å². The van der Waals surface area contributed by atoms with Crippen molar-refractivity contribution >= 4 is 40.7 Å². The second-order valence-electron chi connectivity index (χ2n) is 18.7. The number of cyclic esters (lactones) is 1. The third kappa shape index (κ3) is 13.5. The van der Waals surface area contributed by atoms with Crippen LogP contribution in [0.15, 0.2) is 45.1 Å². The molecule has 2 aliphatic rings. The fraction of sp³-hybridized carbons (Fsp3) is 0.688.